The Morgan fingerprint density at radius 1 is 0.935 bits per heavy atom. The van der Waals surface area contributed by atoms with E-state index >= 15 is 0 Å². The van der Waals surface area contributed by atoms with Crippen LogP contribution in [0, 0.1) is 0 Å². The molecule has 160 valence electrons. The molecule has 1 fully saturated rings. The first-order valence-electron chi connectivity index (χ1n) is 10.7. The Morgan fingerprint density at radius 2 is 1.58 bits per heavy atom. The topological polar surface area (TPSA) is 61.1 Å². The zero-order valence-electron chi connectivity index (χ0n) is 17.6. The van der Waals surface area contributed by atoms with Gasteiger partial charge in [0.2, 0.25) is 5.91 Å². The molecule has 2 heterocycles. The molecule has 0 unspecified atom stereocenters. The number of carbonyl (C=O) groups excluding carboxylic acids is 1. The third kappa shape index (κ3) is 5.90. The molecule has 1 amide bonds. The predicted octanol–water partition coefficient (Wildman–Crippen LogP) is 3.53. The first kappa shape index (κ1) is 21.0. The van der Waals surface area contributed by atoms with Crippen molar-refractivity contribution in [3.05, 3.63) is 95.9 Å². The van der Waals surface area contributed by atoms with Crippen molar-refractivity contribution < 1.29 is 9.21 Å². The lowest BCUT2D eigenvalue weighted by Crippen LogP contribution is -2.48. The van der Waals surface area contributed by atoms with Crippen molar-refractivity contribution >= 4 is 12.1 Å². The van der Waals surface area contributed by atoms with Crippen LogP contribution in [0.5, 0.6) is 0 Å². The number of nitrogens with one attached hydrogen (secondary N) is 1. The average Bonchev–Trinajstić information content (AvgIpc) is 3.34. The molecule has 1 aromatic heterocycles. The van der Waals surface area contributed by atoms with Gasteiger partial charge in [0.05, 0.1) is 18.5 Å². The van der Waals surface area contributed by atoms with E-state index in [1.165, 1.54) is 17.3 Å². The van der Waals surface area contributed by atoms with Crippen molar-refractivity contribution in [2.24, 2.45) is 5.10 Å². The van der Waals surface area contributed by atoms with Gasteiger partial charge in [-0.05, 0) is 23.3 Å². The first-order valence-corrected chi connectivity index (χ1v) is 10.7. The number of piperazine rings is 1. The van der Waals surface area contributed by atoms with Crippen LogP contribution in [0.25, 0.3) is 0 Å². The molecule has 4 rings (SSSR count). The molecule has 31 heavy (non-hydrogen) atoms. The number of furan rings is 1. The van der Waals surface area contributed by atoms with Crippen LogP contribution in [-0.2, 0) is 4.79 Å². The zero-order chi connectivity index (χ0) is 21.3. The quantitative estimate of drug-likeness (QED) is 0.451. The Hall–Kier alpha value is -3.22. The maximum absolute atomic E-state index is 12.1. The van der Waals surface area contributed by atoms with E-state index < -0.39 is 0 Å². The molecule has 1 saturated heterocycles. The summed E-state index contributed by atoms with van der Waals surface area (Å²) < 4.78 is 5.15. The van der Waals surface area contributed by atoms with Crippen LogP contribution in [0.3, 0.4) is 0 Å². The fraction of sp³-hybridized carbons (Fsp3) is 0.280. The summed E-state index contributed by atoms with van der Waals surface area (Å²) in [5, 5.41) is 3.93. The summed E-state index contributed by atoms with van der Waals surface area (Å²) in [4.78, 5) is 16.9. The number of hydrogen-bond acceptors (Lipinski definition) is 5. The molecule has 0 radical (unpaired) electrons. The van der Waals surface area contributed by atoms with Gasteiger partial charge in [-0.1, -0.05) is 60.7 Å². The lowest BCUT2D eigenvalue weighted by Gasteiger charge is -2.39. The maximum Gasteiger partial charge on any atom is 0.241 e. The second kappa shape index (κ2) is 10.7. The van der Waals surface area contributed by atoms with Crippen LogP contribution in [0.4, 0.5) is 0 Å². The third-order valence-corrected chi connectivity index (χ3v) is 5.58. The van der Waals surface area contributed by atoms with E-state index in [0.29, 0.717) is 12.2 Å². The van der Waals surface area contributed by atoms with Crippen LogP contribution in [0.2, 0.25) is 0 Å². The third-order valence-electron chi connectivity index (χ3n) is 5.58. The van der Waals surface area contributed by atoms with Gasteiger partial charge in [0, 0.05) is 39.1 Å². The van der Waals surface area contributed by atoms with Crippen LogP contribution < -0.4 is 5.43 Å². The van der Waals surface area contributed by atoms with Gasteiger partial charge in [0.15, 0.2) is 0 Å². The first-order chi connectivity index (χ1) is 15.3. The number of amides is 1. The molecule has 0 bridgehead atoms. The Labute approximate surface area is 183 Å². The monoisotopic (exact) mass is 416 g/mol. The van der Waals surface area contributed by atoms with Crippen molar-refractivity contribution in [3.8, 4) is 0 Å². The Bertz CT molecular complexity index is 910. The smallest absolute Gasteiger partial charge is 0.241 e. The molecule has 1 aliphatic rings. The van der Waals surface area contributed by atoms with E-state index in [-0.39, 0.29) is 11.9 Å². The molecular formula is C25H28N4O2. The molecule has 0 aliphatic carbocycles. The SMILES string of the molecule is O=C(CCN1CCN(C(c2ccccc2)c2ccccc2)CC1)N/N=C/c1ccco1. The second-order valence-electron chi connectivity index (χ2n) is 7.66. The lowest BCUT2D eigenvalue weighted by molar-refractivity contribution is -0.121. The van der Waals surface area contributed by atoms with Crippen LogP contribution in [0.15, 0.2) is 88.6 Å². The number of carbonyl (C=O) groups is 1. The van der Waals surface area contributed by atoms with Crippen molar-refractivity contribution in [1.82, 2.24) is 15.2 Å². The highest BCUT2D eigenvalue weighted by Gasteiger charge is 2.26. The summed E-state index contributed by atoms with van der Waals surface area (Å²) in [6, 6.07) is 25.2. The standard InChI is InChI=1S/C25H28N4O2/c30-24(27-26-20-23-12-7-19-31-23)13-14-28-15-17-29(18-16-28)25(21-8-3-1-4-9-21)22-10-5-2-6-11-22/h1-12,19-20,25H,13-18H2,(H,27,30)/b26-20+. The Balaban J connectivity index is 1.28. The molecule has 0 saturated carbocycles. The van der Waals surface area contributed by atoms with E-state index in [9.17, 15) is 4.79 Å². The lowest BCUT2D eigenvalue weighted by atomic mass is 9.96. The Kier molecular flexibility index (Phi) is 7.26. The van der Waals surface area contributed by atoms with E-state index in [1.807, 2.05) is 0 Å². The van der Waals surface area contributed by atoms with Crippen LogP contribution in [0.1, 0.15) is 29.3 Å². The number of hydrazone groups is 1. The number of rotatable bonds is 8. The molecule has 0 atom stereocenters. The summed E-state index contributed by atoms with van der Waals surface area (Å²) in [5.74, 6) is 0.527. The summed E-state index contributed by atoms with van der Waals surface area (Å²) in [5.41, 5.74) is 5.20. The molecule has 3 aromatic rings. The van der Waals surface area contributed by atoms with Gasteiger partial charge in [-0.15, -0.1) is 0 Å². The van der Waals surface area contributed by atoms with Crippen LogP contribution in [-0.4, -0.2) is 54.6 Å². The summed E-state index contributed by atoms with van der Waals surface area (Å²) in [6.45, 7) is 4.55. The van der Waals surface area contributed by atoms with Crippen molar-refractivity contribution in [2.45, 2.75) is 12.5 Å². The van der Waals surface area contributed by atoms with Gasteiger partial charge in [-0.2, -0.15) is 5.10 Å². The van der Waals surface area contributed by atoms with Gasteiger partial charge >= 0.3 is 0 Å². The zero-order valence-corrected chi connectivity index (χ0v) is 17.6. The van der Waals surface area contributed by atoms with Gasteiger partial charge in [0.25, 0.3) is 0 Å². The summed E-state index contributed by atoms with van der Waals surface area (Å²) >= 11 is 0. The Morgan fingerprint density at radius 3 is 2.16 bits per heavy atom. The highest BCUT2D eigenvalue weighted by molar-refractivity contribution is 5.80. The van der Waals surface area contributed by atoms with Gasteiger partial charge in [-0.25, -0.2) is 5.43 Å². The minimum atomic E-state index is -0.0864. The molecular weight excluding hydrogens is 388 g/mol. The van der Waals surface area contributed by atoms with Gasteiger partial charge in [0.1, 0.15) is 5.76 Å². The number of benzene rings is 2. The van der Waals surface area contributed by atoms with E-state index in [4.69, 9.17) is 4.42 Å². The van der Waals surface area contributed by atoms with E-state index in [0.717, 1.165) is 32.7 Å². The molecule has 6 heteroatoms. The van der Waals surface area contributed by atoms with Gasteiger partial charge in [-0.3, -0.25) is 9.69 Å². The highest BCUT2D eigenvalue weighted by Crippen LogP contribution is 2.29. The maximum atomic E-state index is 12.1. The summed E-state index contributed by atoms with van der Waals surface area (Å²) in [7, 11) is 0. The average molecular weight is 417 g/mol. The molecule has 2 aromatic carbocycles. The van der Waals surface area contributed by atoms with Crippen molar-refractivity contribution in [1.29, 1.82) is 0 Å². The van der Waals surface area contributed by atoms with E-state index in [2.05, 4.69) is 81.0 Å². The molecule has 0 spiro atoms. The largest absolute Gasteiger partial charge is 0.463 e. The summed E-state index contributed by atoms with van der Waals surface area (Å²) in [6.07, 6.45) is 3.50. The van der Waals surface area contributed by atoms with Gasteiger partial charge < -0.3 is 9.32 Å². The fourth-order valence-corrected chi connectivity index (χ4v) is 3.98. The normalized spacial score (nSPS) is 15.5. The number of nitrogens with zero attached hydrogens (tertiary/aromatic N) is 3. The van der Waals surface area contributed by atoms with Crippen molar-refractivity contribution in [3.63, 3.8) is 0 Å². The number of hydrogen-bond donors (Lipinski definition) is 1. The molecule has 1 aliphatic heterocycles. The molecule has 1 N–H and O–H groups in total. The van der Waals surface area contributed by atoms with E-state index in [1.54, 1.807) is 18.4 Å². The second-order valence-corrected chi connectivity index (χ2v) is 7.66. The fourth-order valence-electron chi connectivity index (χ4n) is 3.98. The minimum Gasteiger partial charge on any atom is -0.463 e. The van der Waals surface area contributed by atoms with Crippen molar-refractivity contribution in [2.75, 3.05) is 32.7 Å². The predicted molar refractivity (Wildman–Crippen MR) is 122 cm³/mol. The highest BCUT2D eigenvalue weighted by atomic mass is 16.3. The minimum absolute atomic E-state index is 0.0864. The molecule has 6 nitrogen and oxygen atoms in total. The van der Waals surface area contributed by atoms with Crippen LogP contribution >= 0.6 is 0 Å².